The lowest BCUT2D eigenvalue weighted by molar-refractivity contribution is -0.973. The van der Waals surface area contributed by atoms with Gasteiger partial charge in [-0.15, -0.1) is 0 Å². The van der Waals surface area contributed by atoms with Crippen LogP contribution in [-0.4, -0.2) is 60.6 Å². The molecule has 2 saturated heterocycles. The zero-order valence-corrected chi connectivity index (χ0v) is 23.5. The molecule has 0 saturated carbocycles. The average Bonchev–Trinajstić information content (AvgIpc) is 2.99. The van der Waals surface area contributed by atoms with Gasteiger partial charge >= 0.3 is 0 Å². The van der Waals surface area contributed by atoms with Gasteiger partial charge in [-0.2, -0.15) is 0 Å². The summed E-state index contributed by atoms with van der Waals surface area (Å²) in [5.74, 6) is 0. The number of hydrogen-bond donors (Lipinski definition) is 0. The Balaban J connectivity index is 1.26. The maximum Gasteiger partial charge on any atom is 0.138 e. The molecular weight excluding hydrogens is 492 g/mol. The van der Waals surface area contributed by atoms with Gasteiger partial charge in [-0.1, -0.05) is 121 Å². The summed E-state index contributed by atoms with van der Waals surface area (Å²) in [4.78, 5) is 0. The highest BCUT2D eigenvalue weighted by Crippen LogP contribution is 2.31. The zero-order chi connectivity index (χ0) is 27.1. The van der Waals surface area contributed by atoms with Crippen LogP contribution in [0.15, 0.2) is 121 Å². The number of quaternary nitrogens is 2. The summed E-state index contributed by atoms with van der Waals surface area (Å²) in [5.41, 5.74) is 5.56. The van der Waals surface area contributed by atoms with Crippen LogP contribution >= 0.6 is 0 Å². The van der Waals surface area contributed by atoms with Gasteiger partial charge in [-0.3, -0.25) is 0 Å². The van der Waals surface area contributed by atoms with Crippen molar-refractivity contribution < 1.29 is 18.4 Å². The standard InChI is InChI=1S/C36H42N2O2/c1-5-13-31(14-6-1)25-37(26-32-15-7-2-8-16-32)21-23-39-35(29-37)36-30-38(22-24-40-36,27-33-17-9-3-10-18-33)28-34-19-11-4-12-20-34/h1-20,35-36H,21-30H2/q+2/t35-,36-/m0/s1. The van der Waals surface area contributed by atoms with Gasteiger partial charge in [0.2, 0.25) is 0 Å². The predicted molar refractivity (Wildman–Crippen MR) is 160 cm³/mol. The van der Waals surface area contributed by atoms with E-state index < -0.39 is 0 Å². The minimum Gasteiger partial charge on any atom is -0.364 e. The van der Waals surface area contributed by atoms with Crippen LogP contribution in [0.1, 0.15) is 22.3 Å². The first-order valence-electron chi connectivity index (χ1n) is 14.8. The van der Waals surface area contributed by atoms with Gasteiger partial charge in [0.05, 0.1) is 13.2 Å². The van der Waals surface area contributed by atoms with E-state index in [1.165, 1.54) is 22.3 Å². The van der Waals surface area contributed by atoms with Crippen molar-refractivity contribution >= 4 is 0 Å². The first kappa shape index (κ1) is 26.9. The van der Waals surface area contributed by atoms with E-state index in [0.717, 1.165) is 74.5 Å². The minimum atomic E-state index is 0.0746. The fourth-order valence-corrected chi connectivity index (χ4v) is 6.87. The lowest BCUT2D eigenvalue weighted by Crippen LogP contribution is -2.65. The lowest BCUT2D eigenvalue weighted by Gasteiger charge is -2.50. The Bertz CT molecular complexity index is 1130. The van der Waals surface area contributed by atoms with E-state index in [2.05, 4.69) is 121 Å². The molecular formula is C36H42N2O2+2. The Morgan fingerprint density at radius 2 is 0.700 bits per heavy atom. The SMILES string of the molecule is c1ccc(C[N+]2(Cc3ccccc3)CCO[C@H]([C@@H]3C[N+](Cc4ccccc4)(Cc4ccccc4)CCO3)C2)cc1. The highest BCUT2D eigenvalue weighted by atomic mass is 16.5. The first-order valence-corrected chi connectivity index (χ1v) is 14.8. The Morgan fingerprint density at radius 3 is 0.975 bits per heavy atom. The quantitative estimate of drug-likeness (QED) is 0.238. The van der Waals surface area contributed by atoms with Crippen LogP contribution in [0.3, 0.4) is 0 Å². The molecule has 2 heterocycles. The third-order valence-electron chi connectivity index (χ3n) is 8.79. The van der Waals surface area contributed by atoms with Crippen LogP contribution in [-0.2, 0) is 35.7 Å². The molecule has 0 aliphatic carbocycles. The maximum absolute atomic E-state index is 6.59. The molecule has 0 unspecified atom stereocenters. The van der Waals surface area contributed by atoms with Crippen molar-refractivity contribution in [1.82, 2.24) is 0 Å². The smallest absolute Gasteiger partial charge is 0.138 e. The van der Waals surface area contributed by atoms with E-state index in [4.69, 9.17) is 9.47 Å². The van der Waals surface area contributed by atoms with Gasteiger partial charge in [0.25, 0.3) is 0 Å². The highest BCUT2D eigenvalue weighted by Gasteiger charge is 2.45. The third kappa shape index (κ3) is 6.71. The number of nitrogens with zero attached hydrogens (tertiary/aromatic N) is 2. The van der Waals surface area contributed by atoms with Crippen LogP contribution in [0.25, 0.3) is 0 Å². The zero-order valence-electron chi connectivity index (χ0n) is 23.5. The van der Waals surface area contributed by atoms with Crippen LogP contribution in [0.5, 0.6) is 0 Å². The van der Waals surface area contributed by atoms with Crippen LogP contribution in [0.4, 0.5) is 0 Å². The minimum absolute atomic E-state index is 0.0746. The Kier molecular flexibility index (Phi) is 8.40. The summed E-state index contributed by atoms with van der Waals surface area (Å²) in [5, 5.41) is 0. The fourth-order valence-electron chi connectivity index (χ4n) is 6.87. The molecule has 4 heteroatoms. The number of rotatable bonds is 9. The van der Waals surface area contributed by atoms with Gasteiger partial charge in [-0.05, 0) is 0 Å². The number of hydrogen-bond acceptors (Lipinski definition) is 2. The van der Waals surface area contributed by atoms with Crippen molar-refractivity contribution in [3.63, 3.8) is 0 Å². The van der Waals surface area contributed by atoms with Crippen molar-refractivity contribution in [1.29, 1.82) is 0 Å². The van der Waals surface area contributed by atoms with Gasteiger partial charge < -0.3 is 18.4 Å². The van der Waals surface area contributed by atoms with E-state index in [9.17, 15) is 0 Å². The van der Waals surface area contributed by atoms with Gasteiger partial charge in [0, 0.05) is 22.3 Å². The number of ether oxygens (including phenoxy) is 2. The summed E-state index contributed by atoms with van der Waals surface area (Å²) >= 11 is 0. The second kappa shape index (κ2) is 12.5. The lowest BCUT2D eigenvalue weighted by atomic mass is 10.0. The highest BCUT2D eigenvalue weighted by molar-refractivity contribution is 5.17. The Morgan fingerprint density at radius 1 is 0.425 bits per heavy atom. The molecule has 2 aliphatic heterocycles. The van der Waals surface area contributed by atoms with Crippen molar-refractivity contribution in [2.75, 3.05) is 39.4 Å². The van der Waals surface area contributed by atoms with Crippen molar-refractivity contribution in [2.45, 2.75) is 38.4 Å². The summed E-state index contributed by atoms with van der Waals surface area (Å²) in [7, 11) is 0. The summed E-state index contributed by atoms with van der Waals surface area (Å²) in [6.07, 6.45) is 0.149. The van der Waals surface area contributed by atoms with Gasteiger partial charge in [-0.25, -0.2) is 0 Å². The molecule has 206 valence electrons. The van der Waals surface area contributed by atoms with E-state index in [1.54, 1.807) is 0 Å². The van der Waals surface area contributed by atoms with E-state index >= 15 is 0 Å². The van der Waals surface area contributed by atoms with Crippen molar-refractivity contribution in [3.05, 3.63) is 144 Å². The van der Waals surface area contributed by atoms with Crippen LogP contribution in [0.2, 0.25) is 0 Å². The molecule has 4 aromatic carbocycles. The summed E-state index contributed by atoms with van der Waals surface area (Å²) < 4.78 is 15.2. The largest absolute Gasteiger partial charge is 0.364 e. The fraction of sp³-hybridized carbons (Fsp3) is 0.333. The average molecular weight is 535 g/mol. The molecule has 0 N–H and O–H groups in total. The van der Waals surface area contributed by atoms with Crippen molar-refractivity contribution in [3.8, 4) is 0 Å². The van der Waals surface area contributed by atoms with Gasteiger partial charge in [0.1, 0.15) is 64.6 Å². The molecule has 4 nitrogen and oxygen atoms in total. The van der Waals surface area contributed by atoms with Crippen LogP contribution in [0, 0.1) is 0 Å². The summed E-state index contributed by atoms with van der Waals surface area (Å²) in [6.45, 7) is 9.53. The summed E-state index contributed by atoms with van der Waals surface area (Å²) in [6, 6.07) is 43.9. The Labute approximate surface area is 239 Å². The second-order valence-corrected chi connectivity index (χ2v) is 11.9. The normalized spacial score (nSPS) is 22.0. The monoisotopic (exact) mass is 534 g/mol. The topological polar surface area (TPSA) is 18.5 Å². The molecule has 0 bridgehead atoms. The number of benzene rings is 4. The molecule has 0 aromatic heterocycles. The molecule has 0 spiro atoms. The van der Waals surface area contributed by atoms with Crippen LogP contribution < -0.4 is 0 Å². The first-order chi connectivity index (χ1) is 19.7. The van der Waals surface area contributed by atoms with Gasteiger partial charge in [0.15, 0.2) is 0 Å². The van der Waals surface area contributed by atoms with E-state index in [1.807, 2.05) is 0 Å². The molecule has 40 heavy (non-hydrogen) atoms. The molecule has 2 atom stereocenters. The molecule has 2 aliphatic rings. The third-order valence-corrected chi connectivity index (χ3v) is 8.79. The molecule has 6 rings (SSSR count). The second-order valence-electron chi connectivity index (χ2n) is 11.9. The molecule has 2 fully saturated rings. The molecule has 4 aromatic rings. The van der Waals surface area contributed by atoms with Crippen molar-refractivity contribution in [2.24, 2.45) is 0 Å². The van der Waals surface area contributed by atoms with E-state index in [-0.39, 0.29) is 12.2 Å². The van der Waals surface area contributed by atoms with E-state index in [0.29, 0.717) is 0 Å². The molecule has 0 amide bonds. The maximum atomic E-state index is 6.59. The Hall–Kier alpha value is -3.28. The molecule has 0 radical (unpaired) electrons. The predicted octanol–water partition coefficient (Wildman–Crippen LogP) is 6.22. The number of morpholine rings is 2.